The lowest BCUT2D eigenvalue weighted by Gasteiger charge is -2.32. The summed E-state index contributed by atoms with van der Waals surface area (Å²) in [6, 6.07) is 0. The van der Waals surface area contributed by atoms with Crippen molar-refractivity contribution in [3.05, 3.63) is 0 Å². The maximum absolute atomic E-state index is 2.23. The Hall–Kier alpha value is 1.05. The van der Waals surface area contributed by atoms with Gasteiger partial charge in [-0.15, -0.1) is 0 Å². The van der Waals surface area contributed by atoms with Gasteiger partial charge in [0.2, 0.25) is 0 Å². The van der Waals surface area contributed by atoms with Crippen LogP contribution in [0.4, 0.5) is 0 Å². The summed E-state index contributed by atoms with van der Waals surface area (Å²) in [5, 5.41) is 2.06. The van der Waals surface area contributed by atoms with E-state index >= 15 is 0 Å². The Morgan fingerprint density at radius 3 is 1.50 bits per heavy atom. The molecule has 2 fully saturated rings. The fourth-order valence-corrected chi connectivity index (χ4v) is 4.67. The Kier molecular flexibility index (Phi) is 3.81. The van der Waals surface area contributed by atoms with Gasteiger partial charge in [0.15, 0.2) is 0 Å². The third-order valence-corrected chi connectivity index (χ3v) is 6.43. The standard InChI is InChI=1S/C6H10S3.CH4/c1-5(2-7-1)9-6-3-8-4-6;/h5-6H,1-4H2;1H4. The molecule has 60 valence electrons. The number of hydrogen-bond acceptors (Lipinski definition) is 3. The third kappa shape index (κ3) is 2.02. The lowest BCUT2D eigenvalue weighted by molar-refractivity contribution is 1.02. The second kappa shape index (κ2) is 4.17. The number of thioether (sulfide) groups is 3. The minimum atomic E-state index is 0. The molecule has 0 aromatic rings. The van der Waals surface area contributed by atoms with Gasteiger partial charge < -0.3 is 0 Å². The van der Waals surface area contributed by atoms with Crippen molar-refractivity contribution >= 4 is 35.3 Å². The number of rotatable bonds is 2. The zero-order valence-corrected chi connectivity index (χ0v) is 7.66. The highest BCUT2D eigenvalue weighted by Gasteiger charge is 2.26. The molecule has 10 heavy (non-hydrogen) atoms. The first-order valence-electron chi connectivity index (χ1n) is 3.26. The lowest BCUT2D eigenvalue weighted by atomic mass is 10.5. The van der Waals surface area contributed by atoms with Crippen molar-refractivity contribution in [2.45, 2.75) is 17.9 Å². The van der Waals surface area contributed by atoms with E-state index in [1.165, 1.54) is 23.0 Å². The van der Waals surface area contributed by atoms with Crippen molar-refractivity contribution in [2.24, 2.45) is 0 Å². The van der Waals surface area contributed by atoms with Gasteiger partial charge >= 0.3 is 0 Å². The molecule has 0 aliphatic carbocycles. The summed E-state index contributed by atoms with van der Waals surface area (Å²) in [7, 11) is 0. The highest BCUT2D eigenvalue weighted by molar-refractivity contribution is 8.10. The Morgan fingerprint density at radius 1 is 0.900 bits per heavy atom. The molecule has 0 atom stereocenters. The van der Waals surface area contributed by atoms with Crippen molar-refractivity contribution in [2.75, 3.05) is 23.0 Å². The van der Waals surface area contributed by atoms with E-state index in [9.17, 15) is 0 Å². The van der Waals surface area contributed by atoms with Crippen LogP contribution in [-0.2, 0) is 0 Å². The molecule has 0 aromatic heterocycles. The minimum absolute atomic E-state index is 0. The Labute approximate surface area is 76.3 Å². The largest absolute Gasteiger partial charge is 0.160 e. The summed E-state index contributed by atoms with van der Waals surface area (Å²) in [4.78, 5) is 0. The zero-order valence-electron chi connectivity index (χ0n) is 5.21. The minimum Gasteiger partial charge on any atom is -0.160 e. The van der Waals surface area contributed by atoms with Crippen LogP contribution in [0.2, 0.25) is 0 Å². The molecule has 3 heteroatoms. The van der Waals surface area contributed by atoms with Gasteiger partial charge in [0.25, 0.3) is 0 Å². The van der Waals surface area contributed by atoms with Crippen molar-refractivity contribution < 1.29 is 0 Å². The van der Waals surface area contributed by atoms with Gasteiger partial charge in [0.05, 0.1) is 0 Å². The van der Waals surface area contributed by atoms with Gasteiger partial charge in [-0.1, -0.05) is 7.43 Å². The highest BCUT2D eigenvalue weighted by Crippen LogP contribution is 2.38. The Morgan fingerprint density at radius 2 is 1.30 bits per heavy atom. The maximum Gasteiger partial charge on any atom is 0.0232 e. The molecule has 0 aromatic carbocycles. The van der Waals surface area contributed by atoms with Gasteiger partial charge in [-0.2, -0.15) is 35.3 Å². The zero-order chi connectivity index (χ0) is 6.10. The molecular weight excluding hydrogens is 180 g/mol. The fourth-order valence-electron chi connectivity index (χ4n) is 0.857. The third-order valence-electron chi connectivity index (χ3n) is 1.60. The molecule has 0 amide bonds. The van der Waals surface area contributed by atoms with Crippen LogP contribution >= 0.6 is 35.3 Å². The van der Waals surface area contributed by atoms with E-state index in [4.69, 9.17) is 0 Å². The average Bonchev–Trinajstić information content (AvgIpc) is 1.57. The molecule has 2 saturated heterocycles. The molecular formula is C7H14S3. The molecule has 0 nitrogen and oxygen atoms in total. The summed E-state index contributed by atoms with van der Waals surface area (Å²) in [5.74, 6) is 5.69. The molecule has 0 spiro atoms. The van der Waals surface area contributed by atoms with Crippen LogP contribution in [0.25, 0.3) is 0 Å². The van der Waals surface area contributed by atoms with E-state index in [0.717, 1.165) is 10.5 Å². The smallest absolute Gasteiger partial charge is 0.0232 e. The molecule has 0 bridgehead atoms. The van der Waals surface area contributed by atoms with Crippen molar-refractivity contribution in [3.63, 3.8) is 0 Å². The molecule has 0 unspecified atom stereocenters. The summed E-state index contributed by atoms with van der Waals surface area (Å²) < 4.78 is 0. The monoisotopic (exact) mass is 194 g/mol. The van der Waals surface area contributed by atoms with E-state index in [0.29, 0.717) is 0 Å². The van der Waals surface area contributed by atoms with Crippen LogP contribution < -0.4 is 0 Å². The van der Waals surface area contributed by atoms with Gasteiger partial charge in [0.1, 0.15) is 0 Å². The van der Waals surface area contributed by atoms with E-state index in [-0.39, 0.29) is 7.43 Å². The molecule has 0 saturated carbocycles. The molecule has 2 heterocycles. The van der Waals surface area contributed by atoms with Gasteiger partial charge in [-0.3, -0.25) is 0 Å². The van der Waals surface area contributed by atoms with Crippen LogP contribution in [0.15, 0.2) is 0 Å². The first-order valence-corrected chi connectivity index (χ1v) is 6.51. The highest BCUT2D eigenvalue weighted by atomic mass is 32.2. The quantitative estimate of drug-likeness (QED) is 0.663. The van der Waals surface area contributed by atoms with E-state index < -0.39 is 0 Å². The van der Waals surface area contributed by atoms with Crippen LogP contribution in [0.3, 0.4) is 0 Å². The lowest BCUT2D eigenvalue weighted by Crippen LogP contribution is -2.30. The van der Waals surface area contributed by atoms with Gasteiger partial charge in [0, 0.05) is 33.5 Å². The van der Waals surface area contributed by atoms with E-state index in [2.05, 4.69) is 35.3 Å². The van der Waals surface area contributed by atoms with E-state index in [1.54, 1.807) is 0 Å². The molecule has 2 aliphatic rings. The van der Waals surface area contributed by atoms with Crippen molar-refractivity contribution in [3.8, 4) is 0 Å². The fraction of sp³-hybridized carbons (Fsp3) is 1.00. The molecule has 0 radical (unpaired) electrons. The van der Waals surface area contributed by atoms with Crippen molar-refractivity contribution in [1.29, 1.82) is 0 Å². The maximum atomic E-state index is 2.23. The van der Waals surface area contributed by atoms with E-state index in [1.807, 2.05) is 0 Å². The van der Waals surface area contributed by atoms with Gasteiger partial charge in [-0.25, -0.2) is 0 Å². The van der Waals surface area contributed by atoms with Crippen LogP contribution in [0, 0.1) is 0 Å². The topological polar surface area (TPSA) is 0 Å². The predicted octanol–water partition coefficient (Wildman–Crippen LogP) is 2.59. The second-order valence-electron chi connectivity index (χ2n) is 2.46. The summed E-state index contributed by atoms with van der Waals surface area (Å²) in [6.45, 7) is 0. The van der Waals surface area contributed by atoms with Crippen LogP contribution in [-0.4, -0.2) is 33.5 Å². The van der Waals surface area contributed by atoms with Crippen LogP contribution in [0.5, 0.6) is 0 Å². The summed E-state index contributed by atoms with van der Waals surface area (Å²) in [5.41, 5.74) is 0. The normalized spacial score (nSPS) is 26.4. The SMILES string of the molecule is C.C1SCC1SC1CSC1. The first-order chi connectivity index (χ1) is 4.45. The second-order valence-corrected chi connectivity index (χ2v) is 6.21. The molecule has 0 N–H and O–H groups in total. The predicted molar refractivity (Wildman–Crippen MR) is 56.5 cm³/mol. The molecule has 2 rings (SSSR count). The summed E-state index contributed by atoms with van der Waals surface area (Å²) in [6.07, 6.45) is 0. The first kappa shape index (κ1) is 9.14. The van der Waals surface area contributed by atoms with Gasteiger partial charge in [-0.05, 0) is 0 Å². The molecule has 2 aliphatic heterocycles. The Bertz CT molecular complexity index is 85.0. The Balaban J connectivity index is 0.000000500. The average molecular weight is 194 g/mol. The van der Waals surface area contributed by atoms with Crippen LogP contribution in [0.1, 0.15) is 7.43 Å². The number of hydrogen-bond donors (Lipinski definition) is 0. The van der Waals surface area contributed by atoms with Crippen molar-refractivity contribution in [1.82, 2.24) is 0 Å². The summed E-state index contributed by atoms with van der Waals surface area (Å²) >= 11 is 6.42.